The van der Waals surface area contributed by atoms with Gasteiger partial charge in [0, 0.05) is 31.7 Å². The molecule has 0 fully saturated rings. The summed E-state index contributed by atoms with van der Waals surface area (Å²) in [4.78, 5) is 0.0439. The highest BCUT2D eigenvalue weighted by molar-refractivity contribution is 7.89. The molecular formula is C14H23FN2O2S. The van der Waals surface area contributed by atoms with Crippen LogP contribution in [0.5, 0.6) is 0 Å². The van der Waals surface area contributed by atoms with Crippen LogP contribution in [0.15, 0.2) is 17.0 Å². The number of hydrogen-bond acceptors (Lipinski definition) is 3. The lowest BCUT2D eigenvalue weighted by Crippen LogP contribution is -2.28. The first-order valence-electron chi connectivity index (χ1n) is 6.68. The van der Waals surface area contributed by atoms with Crippen LogP contribution in [0, 0.1) is 12.7 Å². The lowest BCUT2D eigenvalue weighted by Gasteiger charge is -2.18. The van der Waals surface area contributed by atoms with E-state index in [-0.39, 0.29) is 16.5 Å². The molecule has 0 unspecified atom stereocenters. The van der Waals surface area contributed by atoms with Gasteiger partial charge in [-0.05, 0) is 24.6 Å². The minimum Gasteiger partial charge on any atom is -0.310 e. The van der Waals surface area contributed by atoms with E-state index in [1.807, 2.05) is 13.8 Å². The lowest BCUT2D eigenvalue weighted by molar-refractivity contribution is 0.484. The molecule has 0 aliphatic carbocycles. The summed E-state index contributed by atoms with van der Waals surface area (Å²) in [5.74, 6) is -0.490. The summed E-state index contributed by atoms with van der Waals surface area (Å²) in [6.07, 6.45) is 0. The molecule has 114 valence electrons. The normalized spacial score (nSPS) is 12.4. The quantitative estimate of drug-likeness (QED) is 0.877. The van der Waals surface area contributed by atoms with Crippen LogP contribution < -0.4 is 5.32 Å². The van der Waals surface area contributed by atoms with Crippen molar-refractivity contribution in [2.75, 3.05) is 13.6 Å². The van der Waals surface area contributed by atoms with Crippen molar-refractivity contribution in [2.24, 2.45) is 0 Å². The Morgan fingerprint density at radius 3 is 2.45 bits per heavy atom. The highest BCUT2D eigenvalue weighted by Gasteiger charge is 2.23. The monoisotopic (exact) mass is 302 g/mol. The maximum absolute atomic E-state index is 14.0. The molecule has 0 atom stereocenters. The van der Waals surface area contributed by atoms with E-state index in [1.165, 1.54) is 24.3 Å². The first kappa shape index (κ1) is 17.1. The molecule has 0 bridgehead atoms. The van der Waals surface area contributed by atoms with Crippen molar-refractivity contribution in [2.45, 2.75) is 45.2 Å². The van der Waals surface area contributed by atoms with E-state index in [4.69, 9.17) is 0 Å². The van der Waals surface area contributed by atoms with Gasteiger partial charge < -0.3 is 5.32 Å². The summed E-state index contributed by atoms with van der Waals surface area (Å²) in [5, 5.41) is 3.16. The Hall–Kier alpha value is -0.980. The van der Waals surface area contributed by atoms with Gasteiger partial charge in [-0.15, -0.1) is 0 Å². The van der Waals surface area contributed by atoms with Crippen molar-refractivity contribution in [1.29, 1.82) is 0 Å². The molecule has 6 heteroatoms. The second kappa shape index (κ2) is 6.65. The molecule has 0 aromatic heterocycles. The van der Waals surface area contributed by atoms with Gasteiger partial charge in [-0.1, -0.05) is 20.8 Å². The molecule has 20 heavy (non-hydrogen) atoms. The zero-order valence-electron chi connectivity index (χ0n) is 12.7. The van der Waals surface area contributed by atoms with Gasteiger partial charge in [0.05, 0.1) is 4.90 Å². The first-order valence-corrected chi connectivity index (χ1v) is 8.12. The SMILES string of the molecule is CCN(C)S(=O)(=O)c1cc(CNC(C)C)cc(F)c1C. The number of halogens is 1. The first-order chi connectivity index (χ1) is 9.20. The lowest BCUT2D eigenvalue weighted by atomic mass is 10.1. The number of sulfonamides is 1. The summed E-state index contributed by atoms with van der Waals surface area (Å²) in [5.41, 5.74) is 0.795. The van der Waals surface area contributed by atoms with Crippen LogP contribution in [-0.2, 0) is 16.6 Å². The largest absolute Gasteiger partial charge is 0.310 e. The number of nitrogens with zero attached hydrogens (tertiary/aromatic N) is 1. The van der Waals surface area contributed by atoms with Crippen molar-refractivity contribution in [3.8, 4) is 0 Å². The van der Waals surface area contributed by atoms with E-state index >= 15 is 0 Å². The fraction of sp³-hybridized carbons (Fsp3) is 0.571. The summed E-state index contributed by atoms with van der Waals surface area (Å²) in [6.45, 7) is 7.98. The molecule has 1 aromatic rings. The maximum atomic E-state index is 14.0. The molecule has 1 rings (SSSR count). The Kier molecular flexibility index (Phi) is 5.68. The highest BCUT2D eigenvalue weighted by atomic mass is 32.2. The van der Waals surface area contributed by atoms with Crippen LogP contribution in [0.1, 0.15) is 31.9 Å². The van der Waals surface area contributed by atoms with Crippen molar-refractivity contribution >= 4 is 10.0 Å². The van der Waals surface area contributed by atoms with Gasteiger partial charge in [-0.2, -0.15) is 0 Å². The van der Waals surface area contributed by atoms with Crippen LogP contribution >= 0.6 is 0 Å². The number of nitrogens with one attached hydrogen (secondary N) is 1. The molecule has 0 aliphatic heterocycles. The molecule has 1 aromatic carbocycles. The number of rotatable bonds is 6. The van der Waals surface area contributed by atoms with Crippen LogP contribution in [0.4, 0.5) is 4.39 Å². The molecule has 1 N–H and O–H groups in total. The Bertz CT molecular complexity index is 571. The zero-order chi connectivity index (χ0) is 15.5. The van der Waals surface area contributed by atoms with Gasteiger partial charge >= 0.3 is 0 Å². The average molecular weight is 302 g/mol. The van der Waals surface area contributed by atoms with Crippen LogP contribution in [-0.4, -0.2) is 32.4 Å². The second-order valence-corrected chi connectivity index (χ2v) is 7.17. The average Bonchev–Trinajstić information content (AvgIpc) is 2.38. The Morgan fingerprint density at radius 2 is 1.95 bits per heavy atom. The molecule has 0 saturated heterocycles. The van der Waals surface area contributed by atoms with E-state index in [2.05, 4.69) is 5.32 Å². The number of hydrogen-bond donors (Lipinski definition) is 1. The van der Waals surface area contributed by atoms with Crippen LogP contribution in [0.3, 0.4) is 0 Å². The Morgan fingerprint density at radius 1 is 1.35 bits per heavy atom. The van der Waals surface area contributed by atoms with E-state index in [0.29, 0.717) is 18.7 Å². The van der Waals surface area contributed by atoms with E-state index in [9.17, 15) is 12.8 Å². The minimum atomic E-state index is -3.64. The molecule has 4 nitrogen and oxygen atoms in total. The third-order valence-corrected chi connectivity index (χ3v) is 5.26. The molecule has 0 heterocycles. The van der Waals surface area contributed by atoms with Crippen molar-refractivity contribution in [3.05, 3.63) is 29.1 Å². The third-order valence-electron chi connectivity index (χ3n) is 3.20. The molecule has 0 spiro atoms. The molecule has 0 radical (unpaired) electrons. The maximum Gasteiger partial charge on any atom is 0.243 e. The molecule has 0 amide bonds. The van der Waals surface area contributed by atoms with Gasteiger partial charge in [-0.3, -0.25) is 0 Å². The van der Waals surface area contributed by atoms with E-state index in [0.717, 1.165) is 0 Å². The van der Waals surface area contributed by atoms with Crippen molar-refractivity contribution in [1.82, 2.24) is 9.62 Å². The topological polar surface area (TPSA) is 49.4 Å². The second-order valence-electron chi connectivity index (χ2n) is 5.16. The van der Waals surface area contributed by atoms with Gasteiger partial charge in [0.25, 0.3) is 0 Å². The Balaban J connectivity index is 3.26. The molecule has 0 aliphatic rings. The van der Waals surface area contributed by atoms with Gasteiger partial charge in [-0.25, -0.2) is 17.1 Å². The van der Waals surface area contributed by atoms with E-state index < -0.39 is 15.8 Å². The summed E-state index contributed by atoms with van der Waals surface area (Å²) in [7, 11) is -2.15. The van der Waals surface area contributed by atoms with Crippen molar-refractivity contribution < 1.29 is 12.8 Å². The molecule has 0 saturated carbocycles. The van der Waals surface area contributed by atoms with Crippen LogP contribution in [0.2, 0.25) is 0 Å². The molecular weight excluding hydrogens is 279 g/mol. The number of benzene rings is 1. The predicted molar refractivity (Wildman–Crippen MR) is 78.6 cm³/mol. The van der Waals surface area contributed by atoms with Gasteiger partial charge in [0.1, 0.15) is 5.82 Å². The summed E-state index contributed by atoms with van der Waals surface area (Å²) in [6, 6.07) is 3.18. The van der Waals surface area contributed by atoms with Gasteiger partial charge in [0.15, 0.2) is 0 Å². The smallest absolute Gasteiger partial charge is 0.243 e. The predicted octanol–water partition coefficient (Wildman–Crippen LogP) is 2.27. The summed E-state index contributed by atoms with van der Waals surface area (Å²) < 4.78 is 39.9. The fourth-order valence-corrected chi connectivity index (χ4v) is 3.20. The zero-order valence-corrected chi connectivity index (χ0v) is 13.5. The van der Waals surface area contributed by atoms with E-state index in [1.54, 1.807) is 13.0 Å². The standard InChI is InChI=1S/C14H23FN2O2S/c1-6-17(5)20(18,19)14-8-12(9-16-10(2)3)7-13(15)11(14)4/h7-8,10,16H,6,9H2,1-5H3. The van der Waals surface area contributed by atoms with Crippen LogP contribution in [0.25, 0.3) is 0 Å². The highest BCUT2D eigenvalue weighted by Crippen LogP contribution is 2.23. The van der Waals surface area contributed by atoms with Crippen molar-refractivity contribution in [3.63, 3.8) is 0 Å². The summed E-state index contributed by atoms with van der Waals surface area (Å²) >= 11 is 0. The Labute approximate surface area is 121 Å². The minimum absolute atomic E-state index is 0.0439. The van der Waals surface area contributed by atoms with Gasteiger partial charge in [0.2, 0.25) is 10.0 Å². The third kappa shape index (κ3) is 3.77. The fourth-order valence-electron chi connectivity index (χ4n) is 1.74.